The highest BCUT2D eigenvalue weighted by molar-refractivity contribution is 9.09. The normalized spacial score (nSPS) is 13.5. The standard InChI is InChI=1S/C22H28Br2O/c23-15-7-13-21(17-19-9-3-1-4-10-19)25-22(14-8-16-24)18-20-11-5-2-6-12-20/h1-6,9-12,21-22H,7-8,13-18H2. The first-order chi connectivity index (χ1) is 12.3. The van der Waals surface area contributed by atoms with Gasteiger partial charge in [0.25, 0.3) is 0 Å². The van der Waals surface area contributed by atoms with Gasteiger partial charge >= 0.3 is 0 Å². The molecule has 25 heavy (non-hydrogen) atoms. The van der Waals surface area contributed by atoms with Crippen molar-refractivity contribution in [3.63, 3.8) is 0 Å². The van der Waals surface area contributed by atoms with Crippen molar-refractivity contribution in [3.8, 4) is 0 Å². The van der Waals surface area contributed by atoms with Crippen LogP contribution in [0.15, 0.2) is 60.7 Å². The summed E-state index contributed by atoms with van der Waals surface area (Å²) in [6.07, 6.45) is 7.04. The van der Waals surface area contributed by atoms with Gasteiger partial charge < -0.3 is 4.74 Å². The molecule has 0 radical (unpaired) electrons. The van der Waals surface area contributed by atoms with Gasteiger partial charge in [0.1, 0.15) is 0 Å². The first-order valence-electron chi connectivity index (χ1n) is 9.17. The van der Waals surface area contributed by atoms with Crippen molar-refractivity contribution in [2.24, 2.45) is 0 Å². The molecule has 136 valence electrons. The van der Waals surface area contributed by atoms with Gasteiger partial charge in [-0.25, -0.2) is 0 Å². The van der Waals surface area contributed by atoms with Crippen LogP contribution in [0.25, 0.3) is 0 Å². The van der Waals surface area contributed by atoms with Gasteiger partial charge in [-0.15, -0.1) is 0 Å². The molecule has 2 atom stereocenters. The minimum atomic E-state index is 0.281. The number of alkyl halides is 2. The highest BCUT2D eigenvalue weighted by atomic mass is 79.9. The fourth-order valence-corrected chi connectivity index (χ4v) is 3.72. The van der Waals surface area contributed by atoms with Gasteiger partial charge in [-0.1, -0.05) is 92.5 Å². The smallest absolute Gasteiger partial charge is 0.0619 e. The molecular weight excluding hydrogens is 440 g/mol. The third kappa shape index (κ3) is 8.52. The van der Waals surface area contributed by atoms with Gasteiger partial charge in [0.15, 0.2) is 0 Å². The lowest BCUT2D eigenvalue weighted by Gasteiger charge is -2.25. The molecule has 0 N–H and O–H groups in total. The van der Waals surface area contributed by atoms with Crippen LogP contribution in [0.3, 0.4) is 0 Å². The molecule has 0 saturated carbocycles. The van der Waals surface area contributed by atoms with Gasteiger partial charge in [0.2, 0.25) is 0 Å². The number of rotatable bonds is 12. The predicted molar refractivity (Wildman–Crippen MR) is 115 cm³/mol. The quantitative estimate of drug-likeness (QED) is 0.320. The molecular formula is C22H28Br2O. The number of hydrogen-bond acceptors (Lipinski definition) is 1. The van der Waals surface area contributed by atoms with E-state index in [4.69, 9.17) is 4.74 Å². The fraction of sp³-hybridized carbons (Fsp3) is 0.455. The van der Waals surface area contributed by atoms with Crippen LogP contribution in [0.4, 0.5) is 0 Å². The Kier molecular flexibility index (Phi) is 10.5. The van der Waals surface area contributed by atoms with Crippen LogP contribution in [0.1, 0.15) is 36.8 Å². The topological polar surface area (TPSA) is 9.23 Å². The van der Waals surface area contributed by atoms with Crippen molar-refractivity contribution in [1.82, 2.24) is 0 Å². The summed E-state index contributed by atoms with van der Waals surface area (Å²) in [6, 6.07) is 21.4. The Labute approximate surface area is 169 Å². The van der Waals surface area contributed by atoms with E-state index in [2.05, 4.69) is 92.5 Å². The summed E-state index contributed by atoms with van der Waals surface area (Å²) in [5.74, 6) is 0. The summed E-state index contributed by atoms with van der Waals surface area (Å²) in [5, 5.41) is 2.07. The molecule has 0 bridgehead atoms. The van der Waals surface area contributed by atoms with Crippen molar-refractivity contribution in [1.29, 1.82) is 0 Å². The monoisotopic (exact) mass is 466 g/mol. The zero-order valence-electron chi connectivity index (χ0n) is 14.7. The first-order valence-corrected chi connectivity index (χ1v) is 11.4. The molecule has 0 aliphatic carbocycles. The maximum Gasteiger partial charge on any atom is 0.0619 e. The Morgan fingerprint density at radius 2 is 1.04 bits per heavy atom. The molecule has 2 aromatic carbocycles. The molecule has 0 spiro atoms. The summed E-state index contributed by atoms with van der Waals surface area (Å²) in [6.45, 7) is 0. The van der Waals surface area contributed by atoms with Gasteiger partial charge in [-0.2, -0.15) is 0 Å². The second-order valence-electron chi connectivity index (χ2n) is 6.42. The van der Waals surface area contributed by atoms with Crippen LogP contribution >= 0.6 is 31.9 Å². The Balaban J connectivity index is 2.01. The van der Waals surface area contributed by atoms with Gasteiger partial charge in [-0.05, 0) is 49.7 Å². The van der Waals surface area contributed by atoms with Crippen molar-refractivity contribution >= 4 is 31.9 Å². The van der Waals surface area contributed by atoms with Crippen LogP contribution in [-0.2, 0) is 17.6 Å². The van der Waals surface area contributed by atoms with Crippen molar-refractivity contribution in [2.75, 3.05) is 10.7 Å². The van der Waals surface area contributed by atoms with E-state index >= 15 is 0 Å². The van der Waals surface area contributed by atoms with Crippen molar-refractivity contribution in [2.45, 2.75) is 50.7 Å². The van der Waals surface area contributed by atoms with E-state index < -0.39 is 0 Å². The number of hydrogen-bond donors (Lipinski definition) is 0. The zero-order valence-corrected chi connectivity index (χ0v) is 17.9. The van der Waals surface area contributed by atoms with E-state index in [0.29, 0.717) is 0 Å². The van der Waals surface area contributed by atoms with Crippen LogP contribution < -0.4 is 0 Å². The third-order valence-corrected chi connectivity index (χ3v) is 5.44. The average molecular weight is 468 g/mol. The lowest BCUT2D eigenvalue weighted by molar-refractivity contribution is -0.0197. The van der Waals surface area contributed by atoms with E-state index in [0.717, 1.165) is 49.2 Å². The van der Waals surface area contributed by atoms with Crippen molar-refractivity contribution in [3.05, 3.63) is 71.8 Å². The summed E-state index contributed by atoms with van der Waals surface area (Å²) in [4.78, 5) is 0. The van der Waals surface area contributed by atoms with Crippen LogP contribution in [0.5, 0.6) is 0 Å². The Morgan fingerprint density at radius 1 is 0.640 bits per heavy atom. The highest BCUT2D eigenvalue weighted by Crippen LogP contribution is 2.19. The molecule has 0 saturated heterocycles. The lowest BCUT2D eigenvalue weighted by Crippen LogP contribution is -2.26. The first kappa shape index (κ1) is 20.7. The molecule has 3 heteroatoms. The SMILES string of the molecule is BrCCCC(Cc1ccccc1)OC(CCCBr)Cc1ccccc1. The van der Waals surface area contributed by atoms with Gasteiger partial charge in [-0.3, -0.25) is 0 Å². The van der Waals surface area contributed by atoms with Crippen LogP contribution in [0.2, 0.25) is 0 Å². The van der Waals surface area contributed by atoms with Gasteiger partial charge in [0.05, 0.1) is 12.2 Å². The second-order valence-corrected chi connectivity index (χ2v) is 8.01. The highest BCUT2D eigenvalue weighted by Gasteiger charge is 2.17. The fourth-order valence-electron chi connectivity index (χ4n) is 3.07. The number of ether oxygens (including phenoxy) is 1. The minimum absolute atomic E-state index is 0.281. The molecule has 0 aliphatic heterocycles. The lowest BCUT2D eigenvalue weighted by atomic mass is 10.0. The minimum Gasteiger partial charge on any atom is -0.374 e. The molecule has 0 fully saturated rings. The summed E-state index contributed by atoms with van der Waals surface area (Å²) in [7, 11) is 0. The molecule has 2 unspecified atom stereocenters. The maximum atomic E-state index is 6.62. The Morgan fingerprint density at radius 3 is 1.40 bits per heavy atom. The van der Waals surface area contributed by atoms with E-state index in [-0.39, 0.29) is 12.2 Å². The molecule has 1 nitrogen and oxygen atoms in total. The van der Waals surface area contributed by atoms with E-state index in [1.165, 1.54) is 11.1 Å². The van der Waals surface area contributed by atoms with E-state index in [9.17, 15) is 0 Å². The average Bonchev–Trinajstić information content (AvgIpc) is 2.66. The van der Waals surface area contributed by atoms with E-state index in [1.807, 2.05) is 0 Å². The summed E-state index contributed by atoms with van der Waals surface area (Å²) >= 11 is 7.13. The summed E-state index contributed by atoms with van der Waals surface area (Å²) < 4.78 is 6.62. The second kappa shape index (κ2) is 12.7. The Bertz CT molecular complexity index is 507. The van der Waals surface area contributed by atoms with Crippen LogP contribution in [0, 0.1) is 0 Å². The van der Waals surface area contributed by atoms with E-state index in [1.54, 1.807) is 0 Å². The zero-order chi connectivity index (χ0) is 17.7. The number of benzene rings is 2. The Hall–Kier alpha value is -0.640. The van der Waals surface area contributed by atoms with Crippen molar-refractivity contribution < 1.29 is 4.74 Å². The molecule has 0 amide bonds. The third-order valence-electron chi connectivity index (χ3n) is 4.32. The molecule has 2 aromatic rings. The summed E-state index contributed by atoms with van der Waals surface area (Å²) in [5.41, 5.74) is 2.72. The molecule has 0 heterocycles. The molecule has 2 rings (SSSR count). The maximum absolute atomic E-state index is 6.62. The van der Waals surface area contributed by atoms with Crippen LogP contribution in [-0.4, -0.2) is 22.9 Å². The molecule has 0 aliphatic rings. The number of halogens is 2. The van der Waals surface area contributed by atoms with Gasteiger partial charge in [0, 0.05) is 10.7 Å². The predicted octanol–water partition coefficient (Wildman–Crippen LogP) is 6.58. The molecule has 0 aromatic heterocycles. The largest absolute Gasteiger partial charge is 0.374 e.